The molecule has 0 aliphatic rings. The number of aryl methyl sites for hydroxylation is 1. The third kappa shape index (κ3) is 3.38. The van der Waals surface area contributed by atoms with Gasteiger partial charge in [-0.1, -0.05) is 41.5 Å². The molecule has 2 nitrogen and oxygen atoms in total. The van der Waals surface area contributed by atoms with Gasteiger partial charge in [-0.3, -0.25) is 0 Å². The zero-order chi connectivity index (χ0) is 14.0. The minimum absolute atomic E-state index is 0.308. The lowest BCUT2D eigenvalue weighted by Crippen LogP contribution is -2.12. The van der Waals surface area contributed by atoms with Crippen molar-refractivity contribution >= 4 is 51.8 Å². The number of hydrogen-bond donors (Lipinski definition) is 2. The molecule has 2 aromatic carbocycles. The molecule has 0 fully saturated rings. The molecule has 0 aliphatic carbocycles. The molecule has 19 heavy (non-hydrogen) atoms. The molecule has 0 saturated heterocycles. The molecule has 0 aliphatic heterocycles. The van der Waals surface area contributed by atoms with Crippen molar-refractivity contribution in [2.45, 2.75) is 6.92 Å². The van der Waals surface area contributed by atoms with E-state index in [1.165, 1.54) is 0 Å². The van der Waals surface area contributed by atoms with Crippen LogP contribution in [0.5, 0.6) is 0 Å². The zero-order valence-corrected chi connectivity index (χ0v) is 12.5. The smallest absolute Gasteiger partial charge is 0.106 e. The van der Waals surface area contributed by atoms with E-state index in [-0.39, 0.29) is 0 Å². The highest BCUT2D eigenvalue weighted by Crippen LogP contribution is 2.29. The van der Waals surface area contributed by atoms with Crippen molar-refractivity contribution < 1.29 is 0 Å². The van der Waals surface area contributed by atoms with E-state index in [0.717, 1.165) is 22.5 Å². The molecule has 0 bridgehead atoms. The molecule has 0 unspecified atom stereocenters. The van der Waals surface area contributed by atoms with Crippen LogP contribution in [-0.4, -0.2) is 4.99 Å². The summed E-state index contributed by atoms with van der Waals surface area (Å²) in [4.78, 5) is 0.308. The van der Waals surface area contributed by atoms with E-state index in [1.54, 1.807) is 18.2 Å². The molecule has 0 radical (unpaired) electrons. The normalized spacial score (nSPS) is 10.3. The maximum atomic E-state index is 6.16. The Morgan fingerprint density at radius 3 is 2.53 bits per heavy atom. The van der Waals surface area contributed by atoms with E-state index < -0.39 is 0 Å². The van der Waals surface area contributed by atoms with Crippen LogP contribution in [0.15, 0.2) is 36.4 Å². The summed E-state index contributed by atoms with van der Waals surface area (Å²) in [5.41, 5.74) is 9.07. The minimum Gasteiger partial charge on any atom is -0.389 e. The Labute approximate surface area is 127 Å². The molecule has 2 rings (SSSR count). The van der Waals surface area contributed by atoms with E-state index in [0.29, 0.717) is 15.0 Å². The fourth-order valence-corrected chi connectivity index (χ4v) is 2.23. The number of nitrogens with one attached hydrogen (secondary N) is 1. The quantitative estimate of drug-likeness (QED) is 0.808. The van der Waals surface area contributed by atoms with Crippen molar-refractivity contribution in [2.75, 3.05) is 5.32 Å². The maximum absolute atomic E-state index is 6.16. The van der Waals surface area contributed by atoms with Gasteiger partial charge in [0.15, 0.2) is 0 Å². The first-order chi connectivity index (χ1) is 8.97. The van der Waals surface area contributed by atoms with Gasteiger partial charge in [-0.25, -0.2) is 0 Å². The van der Waals surface area contributed by atoms with Gasteiger partial charge in [0.05, 0.1) is 16.4 Å². The highest BCUT2D eigenvalue weighted by atomic mass is 35.5. The third-order valence-corrected chi connectivity index (χ3v) is 3.42. The molecule has 0 aromatic heterocycles. The molecule has 0 spiro atoms. The fraction of sp³-hybridized carbons (Fsp3) is 0.0714. The number of rotatable bonds is 3. The topological polar surface area (TPSA) is 38.0 Å². The van der Waals surface area contributed by atoms with Crippen molar-refractivity contribution in [1.82, 2.24) is 0 Å². The van der Waals surface area contributed by atoms with E-state index in [2.05, 4.69) is 5.32 Å². The number of benzene rings is 2. The molecule has 2 aromatic rings. The molecule has 0 atom stereocenters. The standard InChI is InChI=1S/C14H12Cl2N2S/c1-8-2-5-11(16)13(6-8)18-12-7-9(15)3-4-10(12)14(17)19/h2-7,18H,1H3,(H2,17,19). The molecular formula is C14H12Cl2N2S. The van der Waals surface area contributed by atoms with Gasteiger partial charge in [0, 0.05) is 10.6 Å². The summed E-state index contributed by atoms with van der Waals surface area (Å²) in [5, 5.41) is 4.45. The predicted octanol–water partition coefficient (Wildman–Crippen LogP) is 4.68. The highest BCUT2D eigenvalue weighted by Gasteiger charge is 2.08. The van der Waals surface area contributed by atoms with Crippen LogP contribution < -0.4 is 11.1 Å². The van der Waals surface area contributed by atoms with E-state index in [9.17, 15) is 0 Å². The largest absolute Gasteiger partial charge is 0.389 e. The van der Waals surface area contributed by atoms with Gasteiger partial charge < -0.3 is 11.1 Å². The molecule has 0 heterocycles. The Kier molecular flexibility index (Phi) is 4.30. The average Bonchev–Trinajstić information content (AvgIpc) is 2.33. The monoisotopic (exact) mass is 310 g/mol. The van der Waals surface area contributed by atoms with Crippen LogP contribution in [0, 0.1) is 6.92 Å². The summed E-state index contributed by atoms with van der Waals surface area (Å²) >= 11 is 17.2. The minimum atomic E-state index is 0.308. The van der Waals surface area contributed by atoms with Crippen molar-refractivity contribution in [2.24, 2.45) is 5.73 Å². The van der Waals surface area contributed by atoms with Gasteiger partial charge in [-0.05, 0) is 42.8 Å². The SMILES string of the molecule is Cc1ccc(Cl)c(Nc2cc(Cl)ccc2C(N)=S)c1. The van der Waals surface area contributed by atoms with Gasteiger partial charge >= 0.3 is 0 Å². The van der Waals surface area contributed by atoms with Crippen LogP contribution in [0.3, 0.4) is 0 Å². The van der Waals surface area contributed by atoms with Gasteiger partial charge in [-0.2, -0.15) is 0 Å². The van der Waals surface area contributed by atoms with Crippen LogP contribution in [-0.2, 0) is 0 Å². The Morgan fingerprint density at radius 1 is 1.11 bits per heavy atom. The molecular weight excluding hydrogens is 299 g/mol. The molecule has 98 valence electrons. The summed E-state index contributed by atoms with van der Waals surface area (Å²) in [6, 6.07) is 11.0. The number of hydrogen-bond acceptors (Lipinski definition) is 2. The number of halogens is 2. The lowest BCUT2D eigenvalue weighted by Gasteiger charge is -2.13. The van der Waals surface area contributed by atoms with Gasteiger partial charge in [0.1, 0.15) is 4.99 Å². The van der Waals surface area contributed by atoms with Gasteiger partial charge in [0.25, 0.3) is 0 Å². The van der Waals surface area contributed by atoms with E-state index in [4.69, 9.17) is 41.2 Å². The number of thiocarbonyl (C=S) groups is 1. The van der Waals surface area contributed by atoms with E-state index in [1.807, 2.05) is 25.1 Å². The van der Waals surface area contributed by atoms with Crippen molar-refractivity contribution in [3.63, 3.8) is 0 Å². The Balaban J connectivity index is 2.45. The summed E-state index contributed by atoms with van der Waals surface area (Å²) in [7, 11) is 0. The zero-order valence-electron chi connectivity index (χ0n) is 10.2. The predicted molar refractivity (Wildman–Crippen MR) is 86.8 cm³/mol. The van der Waals surface area contributed by atoms with Crippen molar-refractivity contribution in [1.29, 1.82) is 0 Å². The first-order valence-corrected chi connectivity index (χ1v) is 6.76. The lowest BCUT2D eigenvalue weighted by atomic mass is 10.1. The van der Waals surface area contributed by atoms with Crippen LogP contribution in [0.4, 0.5) is 11.4 Å². The molecule has 0 amide bonds. The summed E-state index contributed by atoms with van der Waals surface area (Å²) in [6.45, 7) is 1.99. The molecule has 3 N–H and O–H groups in total. The van der Waals surface area contributed by atoms with Crippen LogP contribution in [0.2, 0.25) is 10.0 Å². The van der Waals surface area contributed by atoms with Crippen LogP contribution in [0.25, 0.3) is 0 Å². The fourth-order valence-electron chi connectivity index (χ4n) is 1.71. The van der Waals surface area contributed by atoms with E-state index >= 15 is 0 Å². The highest BCUT2D eigenvalue weighted by molar-refractivity contribution is 7.80. The summed E-state index contributed by atoms with van der Waals surface area (Å²) in [5.74, 6) is 0. The Morgan fingerprint density at radius 2 is 1.84 bits per heavy atom. The number of nitrogens with two attached hydrogens (primary N) is 1. The van der Waals surface area contributed by atoms with Crippen LogP contribution >= 0.6 is 35.4 Å². The number of anilines is 2. The van der Waals surface area contributed by atoms with Crippen molar-refractivity contribution in [3.05, 3.63) is 57.6 Å². The second kappa shape index (κ2) is 5.78. The second-order valence-corrected chi connectivity index (χ2v) is 5.45. The Bertz CT molecular complexity index is 641. The van der Waals surface area contributed by atoms with Crippen LogP contribution in [0.1, 0.15) is 11.1 Å². The lowest BCUT2D eigenvalue weighted by molar-refractivity contribution is 1.44. The van der Waals surface area contributed by atoms with Crippen molar-refractivity contribution in [3.8, 4) is 0 Å². The first-order valence-electron chi connectivity index (χ1n) is 5.60. The maximum Gasteiger partial charge on any atom is 0.106 e. The third-order valence-electron chi connectivity index (χ3n) is 2.64. The molecule has 0 saturated carbocycles. The Hall–Kier alpha value is -1.29. The van der Waals surface area contributed by atoms with Gasteiger partial charge in [0.2, 0.25) is 0 Å². The first kappa shape index (κ1) is 14.1. The summed E-state index contributed by atoms with van der Waals surface area (Å²) < 4.78 is 0. The summed E-state index contributed by atoms with van der Waals surface area (Å²) in [6.07, 6.45) is 0. The average molecular weight is 311 g/mol. The van der Waals surface area contributed by atoms with Gasteiger partial charge in [-0.15, -0.1) is 0 Å². The molecule has 5 heteroatoms. The second-order valence-electron chi connectivity index (χ2n) is 4.16.